The van der Waals surface area contributed by atoms with Crippen molar-refractivity contribution in [3.05, 3.63) is 23.8 Å². The van der Waals surface area contributed by atoms with E-state index in [2.05, 4.69) is 32.4 Å². The van der Waals surface area contributed by atoms with Crippen LogP contribution in [0.15, 0.2) is 23.1 Å². The molecule has 0 unspecified atom stereocenters. The number of hydrogen-bond donors (Lipinski definition) is 1. The molecule has 5 heteroatoms. The molecule has 1 aliphatic carbocycles. The second kappa shape index (κ2) is 7.44. The maximum atomic E-state index is 12.8. The van der Waals surface area contributed by atoms with Crippen molar-refractivity contribution in [1.29, 1.82) is 0 Å². The van der Waals surface area contributed by atoms with Gasteiger partial charge in [0, 0.05) is 11.6 Å². The van der Waals surface area contributed by atoms with Crippen LogP contribution in [-0.4, -0.2) is 21.1 Å². The molecule has 2 rings (SSSR count). The molecule has 1 saturated carbocycles. The normalized spacial score (nSPS) is 22.4. The lowest BCUT2D eigenvalue weighted by atomic mass is 9.86. The molecule has 24 heavy (non-hydrogen) atoms. The molecule has 0 aliphatic heterocycles. The predicted octanol–water partition coefficient (Wildman–Crippen LogP) is 4.24. The van der Waals surface area contributed by atoms with E-state index in [0.717, 1.165) is 30.6 Å². The third kappa shape index (κ3) is 4.51. The monoisotopic (exact) mass is 353 g/mol. The van der Waals surface area contributed by atoms with E-state index >= 15 is 0 Å². The topological polar surface area (TPSA) is 55.4 Å². The highest BCUT2D eigenvalue weighted by atomic mass is 32.2. The third-order valence-electron chi connectivity index (χ3n) is 4.79. The Balaban J connectivity index is 2.33. The van der Waals surface area contributed by atoms with Gasteiger partial charge in [-0.2, -0.15) is 0 Å². The molecule has 1 aliphatic rings. The Labute approximate surface area is 147 Å². The largest absolute Gasteiger partial charge is 0.494 e. The maximum Gasteiger partial charge on any atom is 0.240 e. The lowest BCUT2D eigenvalue weighted by Crippen LogP contribution is -2.41. The third-order valence-corrected chi connectivity index (χ3v) is 6.27. The zero-order valence-electron chi connectivity index (χ0n) is 15.6. The highest BCUT2D eigenvalue weighted by Crippen LogP contribution is 2.34. The van der Waals surface area contributed by atoms with Crippen LogP contribution >= 0.6 is 0 Å². The summed E-state index contributed by atoms with van der Waals surface area (Å²) in [6, 6.07) is 5.23. The van der Waals surface area contributed by atoms with E-state index in [4.69, 9.17) is 4.74 Å². The van der Waals surface area contributed by atoms with Crippen molar-refractivity contribution in [2.24, 2.45) is 5.92 Å². The van der Waals surface area contributed by atoms with E-state index in [-0.39, 0.29) is 11.5 Å². The van der Waals surface area contributed by atoms with Gasteiger partial charge in [-0.1, -0.05) is 40.5 Å². The Morgan fingerprint density at radius 1 is 1.21 bits per heavy atom. The van der Waals surface area contributed by atoms with Crippen LogP contribution in [0.1, 0.15) is 65.9 Å². The van der Waals surface area contributed by atoms with Gasteiger partial charge in [-0.3, -0.25) is 0 Å². The van der Waals surface area contributed by atoms with Gasteiger partial charge >= 0.3 is 0 Å². The SMILES string of the molecule is CCOc1ccc(S(=O)(=O)N[C@@H]2CCCC[C@@H]2C)cc1C(C)(C)C. The van der Waals surface area contributed by atoms with Gasteiger partial charge in [0.15, 0.2) is 0 Å². The van der Waals surface area contributed by atoms with Gasteiger partial charge in [0.05, 0.1) is 11.5 Å². The van der Waals surface area contributed by atoms with Crippen LogP contribution in [0.3, 0.4) is 0 Å². The van der Waals surface area contributed by atoms with Gasteiger partial charge in [-0.25, -0.2) is 13.1 Å². The molecule has 0 saturated heterocycles. The zero-order chi connectivity index (χ0) is 18.0. The first-order valence-electron chi connectivity index (χ1n) is 8.95. The molecule has 4 nitrogen and oxygen atoms in total. The maximum absolute atomic E-state index is 12.8. The summed E-state index contributed by atoms with van der Waals surface area (Å²) in [7, 11) is -3.51. The minimum Gasteiger partial charge on any atom is -0.494 e. The van der Waals surface area contributed by atoms with Gasteiger partial charge in [0.2, 0.25) is 10.0 Å². The van der Waals surface area contributed by atoms with Crippen LogP contribution in [0.25, 0.3) is 0 Å². The molecule has 0 bridgehead atoms. The first-order valence-corrected chi connectivity index (χ1v) is 10.4. The summed E-state index contributed by atoms with van der Waals surface area (Å²) in [5, 5.41) is 0. The molecule has 1 N–H and O–H groups in total. The van der Waals surface area contributed by atoms with Crippen molar-refractivity contribution < 1.29 is 13.2 Å². The zero-order valence-corrected chi connectivity index (χ0v) is 16.4. The Morgan fingerprint density at radius 2 is 1.88 bits per heavy atom. The second-order valence-corrected chi connectivity index (χ2v) is 9.54. The summed E-state index contributed by atoms with van der Waals surface area (Å²) in [5.41, 5.74) is 0.734. The number of benzene rings is 1. The number of hydrogen-bond acceptors (Lipinski definition) is 3. The summed E-state index contributed by atoms with van der Waals surface area (Å²) in [5.74, 6) is 1.15. The molecule has 1 fully saturated rings. The van der Waals surface area contributed by atoms with Crippen molar-refractivity contribution >= 4 is 10.0 Å². The first kappa shape index (κ1) is 19.3. The molecule has 1 aromatic rings. The van der Waals surface area contributed by atoms with E-state index in [1.54, 1.807) is 18.2 Å². The Hall–Kier alpha value is -1.07. The van der Waals surface area contributed by atoms with Gasteiger partial charge < -0.3 is 4.74 Å². The van der Waals surface area contributed by atoms with Crippen molar-refractivity contribution in [2.75, 3.05) is 6.61 Å². The number of sulfonamides is 1. The molecule has 0 heterocycles. The summed E-state index contributed by atoms with van der Waals surface area (Å²) in [6.07, 6.45) is 4.29. The summed E-state index contributed by atoms with van der Waals surface area (Å²) in [4.78, 5) is 0.327. The van der Waals surface area contributed by atoms with Crippen LogP contribution in [0, 0.1) is 5.92 Å². The average molecular weight is 354 g/mol. The molecular formula is C19H31NO3S. The highest BCUT2D eigenvalue weighted by Gasteiger charge is 2.28. The predicted molar refractivity (Wildman–Crippen MR) is 98.1 cm³/mol. The van der Waals surface area contributed by atoms with E-state index < -0.39 is 10.0 Å². The van der Waals surface area contributed by atoms with Gasteiger partial charge in [0.1, 0.15) is 5.75 Å². The lowest BCUT2D eigenvalue weighted by Gasteiger charge is -2.29. The van der Waals surface area contributed by atoms with Crippen LogP contribution < -0.4 is 9.46 Å². The fraction of sp³-hybridized carbons (Fsp3) is 0.684. The van der Waals surface area contributed by atoms with E-state index in [9.17, 15) is 8.42 Å². The summed E-state index contributed by atoms with van der Waals surface area (Å²) < 4.78 is 34.3. The molecule has 2 atom stereocenters. The van der Waals surface area contributed by atoms with Gasteiger partial charge in [-0.05, 0) is 49.3 Å². The van der Waals surface area contributed by atoms with E-state index in [0.29, 0.717) is 17.4 Å². The molecule has 136 valence electrons. The second-order valence-electron chi connectivity index (χ2n) is 7.83. The summed E-state index contributed by atoms with van der Waals surface area (Å²) >= 11 is 0. The quantitative estimate of drug-likeness (QED) is 0.861. The van der Waals surface area contributed by atoms with E-state index in [1.807, 2.05) is 6.92 Å². The fourth-order valence-corrected chi connectivity index (χ4v) is 4.71. The van der Waals surface area contributed by atoms with Crippen LogP contribution in [-0.2, 0) is 15.4 Å². The minimum atomic E-state index is -3.51. The Morgan fingerprint density at radius 3 is 2.46 bits per heavy atom. The molecule has 0 radical (unpaired) electrons. The van der Waals surface area contributed by atoms with Crippen molar-refractivity contribution in [2.45, 2.75) is 76.7 Å². The number of rotatable bonds is 5. The first-order chi connectivity index (χ1) is 11.1. The fourth-order valence-electron chi connectivity index (χ4n) is 3.30. The van der Waals surface area contributed by atoms with Crippen molar-refractivity contribution in [3.63, 3.8) is 0 Å². The smallest absolute Gasteiger partial charge is 0.240 e. The minimum absolute atomic E-state index is 0.0356. The highest BCUT2D eigenvalue weighted by molar-refractivity contribution is 7.89. The van der Waals surface area contributed by atoms with Crippen LogP contribution in [0.4, 0.5) is 0 Å². The lowest BCUT2D eigenvalue weighted by molar-refractivity contribution is 0.310. The van der Waals surface area contributed by atoms with Gasteiger partial charge in [0.25, 0.3) is 0 Å². The van der Waals surface area contributed by atoms with Crippen LogP contribution in [0.2, 0.25) is 0 Å². The molecule has 0 spiro atoms. The molecule has 0 aromatic heterocycles. The standard InChI is InChI=1S/C19H31NO3S/c1-6-23-18-12-11-15(13-16(18)19(3,4)5)24(21,22)20-17-10-8-7-9-14(17)2/h11-14,17,20H,6-10H2,1-5H3/t14-,17+/m0/s1. The van der Waals surface area contributed by atoms with Gasteiger partial charge in [-0.15, -0.1) is 0 Å². The van der Waals surface area contributed by atoms with Crippen molar-refractivity contribution in [1.82, 2.24) is 4.72 Å². The number of ether oxygens (including phenoxy) is 1. The average Bonchev–Trinajstić information content (AvgIpc) is 2.49. The molecule has 1 aromatic carbocycles. The molecule has 0 amide bonds. The Bertz CT molecular complexity index is 662. The number of nitrogens with one attached hydrogen (secondary N) is 1. The van der Waals surface area contributed by atoms with E-state index in [1.165, 1.54) is 6.42 Å². The van der Waals surface area contributed by atoms with Crippen LogP contribution in [0.5, 0.6) is 5.75 Å². The Kier molecular flexibility index (Phi) is 5.97. The summed E-state index contributed by atoms with van der Waals surface area (Å²) in [6.45, 7) is 10.8. The molecular weight excluding hydrogens is 322 g/mol. The van der Waals surface area contributed by atoms with Crippen molar-refractivity contribution in [3.8, 4) is 5.75 Å².